The molecule has 1 N–H and O–H groups in total. The molecule has 2 rings (SSSR count). The number of likely N-dealkylation sites (tertiary alicyclic amines) is 1. The molecule has 0 radical (unpaired) electrons. The number of hydrogen-bond donors (Lipinski definition) is 1. The molecule has 19 heavy (non-hydrogen) atoms. The summed E-state index contributed by atoms with van der Waals surface area (Å²) in [5.41, 5.74) is 1.20. The fraction of sp³-hybridized carbons (Fsp3) is 0.688. The van der Waals surface area contributed by atoms with Gasteiger partial charge in [0.05, 0.1) is 5.69 Å². The van der Waals surface area contributed by atoms with Crippen LogP contribution in [0, 0.1) is 0 Å². The van der Waals surface area contributed by atoms with E-state index in [1.54, 1.807) is 0 Å². The quantitative estimate of drug-likeness (QED) is 0.847. The maximum atomic E-state index is 4.72. The number of anilines is 1. The van der Waals surface area contributed by atoms with Crippen LogP contribution in [0.25, 0.3) is 0 Å². The molecule has 1 fully saturated rings. The molecule has 1 aliphatic rings. The molecule has 0 bridgehead atoms. The van der Waals surface area contributed by atoms with E-state index in [1.807, 2.05) is 0 Å². The lowest BCUT2D eigenvalue weighted by atomic mass is 10.00. The van der Waals surface area contributed by atoms with Crippen molar-refractivity contribution in [3.63, 3.8) is 0 Å². The van der Waals surface area contributed by atoms with E-state index in [9.17, 15) is 0 Å². The van der Waals surface area contributed by atoms with E-state index < -0.39 is 0 Å². The molecule has 0 amide bonds. The third-order valence-electron chi connectivity index (χ3n) is 3.95. The predicted octanol–water partition coefficient (Wildman–Crippen LogP) is 3.67. The highest BCUT2D eigenvalue weighted by Crippen LogP contribution is 2.21. The summed E-state index contributed by atoms with van der Waals surface area (Å²) in [6, 6.07) is 7.08. The van der Waals surface area contributed by atoms with Crippen molar-refractivity contribution in [1.29, 1.82) is 0 Å². The van der Waals surface area contributed by atoms with Gasteiger partial charge in [-0.3, -0.25) is 4.90 Å². The first-order valence-electron chi connectivity index (χ1n) is 7.77. The van der Waals surface area contributed by atoms with Gasteiger partial charge in [-0.1, -0.05) is 26.3 Å². The van der Waals surface area contributed by atoms with Crippen LogP contribution in [0.15, 0.2) is 18.2 Å². The summed E-state index contributed by atoms with van der Waals surface area (Å²) in [6.07, 6.45) is 6.47. The molecule has 0 aromatic carbocycles. The van der Waals surface area contributed by atoms with E-state index in [4.69, 9.17) is 4.98 Å². The third kappa shape index (κ3) is 4.20. The fourth-order valence-electron chi connectivity index (χ4n) is 2.86. The highest BCUT2D eigenvalue weighted by Gasteiger charge is 2.20. The Bertz CT molecular complexity index is 378. The van der Waals surface area contributed by atoms with Crippen molar-refractivity contribution < 1.29 is 0 Å². The summed E-state index contributed by atoms with van der Waals surface area (Å²) in [4.78, 5) is 7.33. The van der Waals surface area contributed by atoms with Crippen LogP contribution in [0.3, 0.4) is 0 Å². The van der Waals surface area contributed by atoms with Gasteiger partial charge in [0.25, 0.3) is 0 Å². The van der Waals surface area contributed by atoms with Crippen LogP contribution in [0.2, 0.25) is 0 Å². The SMILES string of the molecule is CCCNc1cccc(CN2CCCCC2CC)n1. The Morgan fingerprint density at radius 2 is 2.21 bits per heavy atom. The van der Waals surface area contributed by atoms with E-state index in [0.29, 0.717) is 0 Å². The van der Waals surface area contributed by atoms with E-state index in [2.05, 4.69) is 42.3 Å². The van der Waals surface area contributed by atoms with Gasteiger partial charge in [-0.25, -0.2) is 4.98 Å². The zero-order valence-electron chi connectivity index (χ0n) is 12.4. The zero-order valence-corrected chi connectivity index (χ0v) is 12.4. The van der Waals surface area contributed by atoms with Crippen molar-refractivity contribution in [2.45, 2.75) is 58.5 Å². The molecule has 0 aliphatic carbocycles. The van der Waals surface area contributed by atoms with Gasteiger partial charge in [-0.05, 0) is 44.4 Å². The molecule has 1 aliphatic heterocycles. The highest BCUT2D eigenvalue weighted by atomic mass is 15.2. The second kappa shape index (κ2) is 7.49. The molecule has 2 heterocycles. The smallest absolute Gasteiger partial charge is 0.126 e. The number of nitrogens with one attached hydrogen (secondary N) is 1. The van der Waals surface area contributed by atoms with Crippen LogP contribution in [0.1, 0.15) is 51.6 Å². The monoisotopic (exact) mass is 261 g/mol. The fourth-order valence-corrected chi connectivity index (χ4v) is 2.86. The standard InChI is InChI=1S/C16H27N3/c1-3-11-17-16-10-7-8-14(18-16)13-19-12-6-5-9-15(19)4-2/h7-8,10,15H,3-6,9,11-13H2,1-2H3,(H,17,18). The summed E-state index contributed by atoms with van der Waals surface area (Å²) in [5.74, 6) is 1.02. The molecule has 1 aromatic rings. The predicted molar refractivity (Wildman–Crippen MR) is 81.4 cm³/mol. The molecular weight excluding hydrogens is 234 g/mol. The van der Waals surface area contributed by atoms with Crippen molar-refractivity contribution >= 4 is 5.82 Å². The lowest BCUT2D eigenvalue weighted by Crippen LogP contribution is -2.38. The summed E-state index contributed by atoms with van der Waals surface area (Å²) in [5, 5.41) is 3.37. The number of pyridine rings is 1. The first-order valence-corrected chi connectivity index (χ1v) is 7.77. The maximum absolute atomic E-state index is 4.72. The molecule has 3 heteroatoms. The van der Waals surface area contributed by atoms with Gasteiger partial charge in [0.2, 0.25) is 0 Å². The van der Waals surface area contributed by atoms with Gasteiger partial charge in [-0.15, -0.1) is 0 Å². The number of aromatic nitrogens is 1. The molecule has 1 atom stereocenters. The summed E-state index contributed by atoms with van der Waals surface area (Å²) in [6.45, 7) is 7.71. The topological polar surface area (TPSA) is 28.2 Å². The normalized spacial score (nSPS) is 20.4. The second-order valence-electron chi connectivity index (χ2n) is 5.47. The van der Waals surface area contributed by atoms with Crippen LogP contribution in [-0.4, -0.2) is 29.0 Å². The van der Waals surface area contributed by atoms with Crippen LogP contribution >= 0.6 is 0 Å². The lowest BCUT2D eigenvalue weighted by molar-refractivity contribution is 0.134. The van der Waals surface area contributed by atoms with Crippen LogP contribution in [-0.2, 0) is 6.54 Å². The molecule has 106 valence electrons. The molecule has 0 saturated carbocycles. The molecule has 1 unspecified atom stereocenters. The van der Waals surface area contributed by atoms with Gasteiger partial charge in [0.15, 0.2) is 0 Å². The Balaban J connectivity index is 1.97. The van der Waals surface area contributed by atoms with Crippen LogP contribution in [0.5, 0.6) is 0 Å². The number of rotatable bonds is 6. The first kappa shape index (κ1) is 14.3. The van der Waals surface area contributed by atoms with Crippen molar-refractivity contribution in [2.24, 2.45) is 0 Å². The minimum absolute atomic E-state index is 0.753. The molecular formula is C16H27N3. The van der Waals surface area contributed by atoms with E-state index >= 15 is 0 Å². The summed E-state index contributed by atoms with van der Waals surface area (Å²) < 4.78 is 0. The molecule has 1 aromatic heterocycles. The highest BCUT2D eigenvalue weighted by molar-refractivity contribution is 5.35. The van der Waals surface area contributed by atoms with E-state index in [-0.39, 0.29) is 0 Å². The largest absolute Gasteiger partial charge is 0.370 e. The molecule has 3 nitrogen and oxygen atoms in total. The average molecular weight is 261 g/mol. The maximum Gasteiger partial charge on any atom is 0.126 e. The number of hydrogen-bond acceptors (Lipinski definition) is 3. The Morgan fingerprint density at radius 3 is 3.00 bits per heavy atom. The van der Waals surface area contributed by atoms with Gasteiger partial charge >= 0.3 is 0 Å². The van der Waals surface area contributed by atoms with Gasteiger partial charge < -0.3 is 5.32 Å². The second-order valence-corrected chi connectivity index (χ2v) is 5.47. The van der Waals surface area contributed by atoms with Crippen molar-refractivity contribution in [1.82, 2.24) is 9.88 Å². The lowest BCUT2D eigenvalue weighted by Gasteiger charge is -2.34. The number of nitrogens with zero attached hydrogens (tertiary/aromatic N) is 2. The Kier molecular flexibility index (Phi) is 5.64. The van der Waals surface area contributed by atoms with E-state index in [1.165, 1.54) is 37.9 Å². The summed E-state index contributed by atoms with van der Waals surface area (Å²) in [7, 11) is 0. The van der Waals surface area contributed by atoms with Gasteiger partial charge in [-0.2, -0.15) is 0 Å². The summed E-state index contributed by atoms with van der Waals surface area (Å²) >= 11 is 0. The van der Waals surface area contributed by atoms with Crippen molar-refractivity contribution in [2.75, 3.05) is 18.4 Å². The van der Waals surface area contributed by atoms with Gasteiger partial charge in [0.1, 0.15) is 5.82 Å². The first-order chi connectivity index (χ1) is 9.33. The Morgan fingerprint density at radius 1 is 1.32 bits per heavy atom. The van der Waals surface area contributed by atoms with Crippen molar-refractivity contribution in [3.8, 4) is 0 Å². The van der Waals surface area contributed by atoms with Crippen molar-refractivity contribution in [3.05, 3.63) is 23.9 Å². The molecule has 1 saturated heterocycles. The van der Waals surface area contributed by atoms with Gasteiger partial charge in [0, 0.05) is 19.1 Å². The molecule has 0 spiro atoms. The van der Waals surface area contributed by atoms with Crippen LogP contribution < -0.4 is 5.32 Å². The van der Waals surface area contributed by atoms with Crippen LogP contribution in [0.4, 0.5) is 5.82 Å². The minimum atomic E-state index is 0.753. The Hall–Kier alpha value is -1.09. The van der Waals surface area contributed by atoms with E-state index in [0.717, 1.165) is 31.4 Å². The average Bonchev–Trinajstić information content (AvgIpc) is 2.46. The zero-order chi connectivity index (χ0) is 13.5. The Labute approximate surface area is 117 Å². The number of piperidine rings is 1. The minimum Gasteiger partial charge on any atom is -0.370 e. The third-order valence-corrected chi connectivity index (χ3v) is 3.95.